The number of nitrogens with one attached hydrogen (secondary N) is 1. The number of hydrogen-bond donors (Lipinski definition) is 2. The van der Waals surface area contributed by atoms with E-state index in [0.717, 1.165) is 5.82 Å². The fraction of sp³-hybridized carbons (Fsp3) is 0.273. The van der Waals surface area contributed by atoms with E-state index in [9.17, 15) is 4.79 Å². The van der Waals surface area contributed by atoms with Crippen LogP contribution in [0.1, 0.15) is 25.6 Å². The van der Waals surface area contributed by atoms with Crippen molar-refractivity contribution in [2.24, 2.45) is 0 Å². The average Bonchev–Trinajstić information content (AvgIpc) is 2.26. The molecule has 6 nitrogen and oxygen atoms in total. The molecule has 2 aromatic heterocycles. The minimum absolute atomic E-state index is 0.184. The van der Waals surface area contributed by atoms with Gasteiger partial charge in [0.25, 0.3) is 5.56 Å². The fourth-order valence-electron chi connectivity index (χ4n) is 1.32. The van der Waals surface area contributed by atoms with Gasteiger partial charge in [-0.3, -0.25) is 4.79 Å². The van der Waals surface area contributed by atoms with Crippen LogP contribution in [0.5, 0.6) is 0 Å². The summed E-state index contributed by atoms with van der Waals surface area (Å²) in [6, 6.07) is 3.00. The maximum absolute atomic E-state index is 11.3. The highest BCUT2D eigenvalue weighted by atomic mass is 79.9. The van der Waals surface area contributed by atoms with Crippen LogP contribution in [0.2, 0.25) is 0 Å². The zero-order chi connectivity index (χ0) is 14.0. The van der Waals surface area contributed by atoms with E-state index in [4.69, 9.17) is 5.73 Å². The first-order valence-electron chi connectivity index (χ1n) is 5.53. The summed E-state index contributed by atoms with van der Waals surface area (Å²) in [6.07, 6.45) is 0. The number of aromatic amines is 1. The van der Waals surface area contributed by atoms with Gasteiger partial charge in [0, 0.05) is 18.1 Å². The summed E-state index contributed by atoms with van der Waals surface area (Å²) in [7, 11) is 0. The zero-order valence-electron chi connectivity index (χ0n) is 10.3. The fourth-order valence-corrected chi connectivity index (χ4v) is 2.69. The third-order valence-corrected chi connectivity index (χ3v) is 3.36. The van der Waals surface area contributed by atoms with Crippen molar-refractivity contribution in [2.75, 3.05) is 5.73 Å². The lowest BCUT2D eigenvalue weighted by Gasteiger charge is -2.07. The molecular weight excluding hydrogens is 330 g/mol. The van der Waals surface area contributed by atoms with Crippen molar-refractivity contribution >= 4 is 33.5 Å². The molecule has 0 aliphatic carbocycles. The van der Waals surface area contributed by atoms with Gasteiger partial charge in [0.15, 0.2) is 5.16 Å². The molecule has 8 heteroatoms. The van der Waals surface area contributed by atoms with E-state index in [1.807, 2.05) is 13.8 Å². The Balaban J connectivity index is 2.35. The second kappa shape index (κ2) is 5.70. The van der Waals surface area contributed by atoms with E-state index < -0.39 is 0 Å². The average molecular weight is 342 g/mol. The molecule has 0 atom stereocenters. The highest BCUT2D eigenvalue weighted by Crippen LogP contribution is 2.26. The number of nitrogen functional groups attached to an aromatic ring is 1. The second-order valence-corrected chi connectivity index (χ2v) is 5.94. The van der Waals surface area contributed by atoms with Gasteiger partial charge in [-0.05, 0) is 27.7 Å². The molecule has 2 heterocycles. The quantitative estimate of drug-likeness (QED) is 0.655. The van der Waals surface area contributed by atoms with Gasteiger partial charge in [0.05, 0.1) is 0 Å². The van der Waals surface area contributed by atoms with Crippen LogP contribution in [0.25, 0.3) is 0 Å². The van der Waals surface area contributed by atoms with Gasteiger partial charge >= 0.3 is 0 Å². The Bertz CT molecular complexity index is 658. The lowest BCUT2D eigenvalue weighted by molar-refractivity contribution is 0.747. The molecule has 0 saturated carbocycles. The van der Waals surface area contributed by atoms with Gasteiger partial charge in [-0.15, -0.1) is 0 Å². The standard InChI is InChI=1S/C11H12BrN5OS/c1-5(2)10-14-6(12)3-9(17-10)19-11-15-7(13)4-8(18)16-11/h3-5H,1-2H3,(H3,13,15,16,18). The van der Waals surface area contributed by atoms with Crippen LogP contribution in [0.15, 0.2) is 31.7 Å². The summed E-state index contributed by atoms with van der Waals surface area (Å²) < 4.78 is 0.694. The number of halogens is 1. The van der Waals surface area contributed by atoms with Gasteiger partial charge in [-0.2, -0.15) is 0 Å². The van der Waals surface area contributed by atoms with E-state index in [1.54, 1.807) is 6.07 Å². The van der Waals surface area contributed by atoms with Crippen LogP contribution in [0.4, 0.5) is 5.82 Å². The summed E-state index contributed by atoms with van der Waals surface area (Å²) in [6.45, 7) is 4.02. The summed E-state index contributed by atoms with van der Waals surface area (Å²) in [4.78, 5) is 26.7. The molecule has 100 valence electrons. The molecule has 0 fully saturated rings. The van der Waals surface area contributed by atoms with Crippen LogP contribution >= 0.6 is 27.7 Å². The topological polar surface area (TPSA) is 97.5 Å². The monoisotopic (exact) mass is 341 g/mol. The molecule has 0 radical (unpaired) electrons. The Kier molecular flexibility index (Phi) is 4.20. The Labute approximate surface area is 122 Å². The number of H-pyrrole nitrogens is 1. The van der Waals surface area contributed by atoms with Crippen molar-refractivity contribution in [3.05, 3.63) is 32.9 Å². The first-order valence-corrected chi connectivity index (χ1v) is 7.14. The molecule has 0 aliphatic rings. The third kappa shape index (κ3) is 3.77. The van der Waals surface area contributed by atoms with Crippen molar-refractivity contribution < 1.29 is 0 Å². The summed E-state index contributed by atoms with van der Waals surface area (Å²) in [5.74, 6) is 1.12. The molecule has 2 rings (SSSR count). The maximum atomic E-state index is 11.3. The molecule has 0 bridgehead atoms. The lowest BCUT2D eigenvalue weighted by atomic mass is 10.2. The van der Waals surface area contributed by atoms with E-state index in [-0.39, 0.29) is 17.3 Å². The number of nitrogens with two attached hydrogens (primary N) is 1. The maximum Gasteiger partial charge on any atom is 0.253 e. The molecule has 3 N–H and O–H groups in total. The molecule has 19 heavy (non-hydrogen) atoms. The third-order valence-electron chi connectivity index (χ3n) is 2.15. The number of hydrogen-bond acceptors (Lipinski definition) is 6. The van der Waals surface area contributed by atoms with Gasteiger partial charge in [-0.25, -0.2) is 15.0 Å². The summed E-state index contributed by atoms with van der Waals surface area (Å²) >= 11 is 4.58. The molecule has 0 aromatic carbocycles. The van der Waals surface area contributed by atoms with E-state index >= 15 is 0 Å². The van der Waals surface area contributed by atoms with Crippen LogP contribution in [0, 0.1) is 0 Å². The first kappa shape index (κ1) is 14.0. The molecule has 0 saturated heterocycles. The smallest absolute Gasteiger partial charge is 0.253 e. The summed E-state index contributed by atoms with van der Waals surface area (Å²) in [5, 5.41) is 1.10. The predicted octanol–water partition coefficient (Wildman–Crippen LogP) is 2.18. The highest BCUT2D eigenvalue weighted by molar-refractivity contribution is 9.10. The van der Waals surface area contributed by atoms with Crippen molar-refractivity contribution in [2.45, 2.75) is 29.9 Å². The second-order valence-electron chi connectivity index (χ2n) is 4.12. The Morgan fingerprint density at radius 2 is 2.05 bits per heavy atom. The van der Waals surface area contributed by atoms with Crippen LogP contribution < -0.4 is 11.3 Å². The van der Waals surface area contributed by atoms with E-state index in [1.165, 1.54) is 17.8 Å². The minimum atomic E-state index is -0.285. The largest absolute Gasteiger partial charge is 0.383 e. The van der Waals surface area contributed by atoms with Gasteiger partial charge in [0.1, 0.15) is 21.3 Å². The zero-order valence-corrected chi connectivity index (χ0v) is 12.7. The van der Waals surface area contributed by atoms with E-state index in [0.29, 0.717) is 14.8 Å². The normalized spacial score (nSPS) is 10.9. The Morgan fingerprint density at radius 3 is 2.68 bits per heavy atom. The molecular formula is C11H12BrN5OS. The van der Waals surface area contributed by atoms with E-state index in [2.05, 4.69) is 35.9 Å². The lowest BCUT2D eigenvalue weighted by Crippen LogP contribution is -2.09. The SMILES string of the molecule is CC(C)c1nc(Br)cc(Sc2nc(N)cc(=O)[nH]2)n1. The number of rotatable bonds is 3. The molecule has 0 unspecified atom stereocenters. The van der Waals surface area contributed by atoms with Crippen molar-refractivity contribution in [1.29, 1.82) is 0 Å². The van der Waals surface area contributed by atoms with Crippen molar-refractivity contribution in [3.8, 4) is 0 Å². The minimum Gasteiger partial charge on any atom is -0.383 e. The molecule has 2 aromatic rings. The van der Waals surface area contributed by atoms with Gasteiger partial charge in [-0.1, -0.05) is 13.8 Å². The molecule has 0 aliphatic heterocycles. The summed E-state index contributed by atoms with van der Waals surface area (Å²) in [5.41, 5.74) is 5.25. The van der Waals surface area contributed by atoms with Crippen molar-refractivity contribution in [1.82, 2.24) is 19.9 Å². The molecule has 0 amide bonds. The van der Waals surface area contributed by atoms with Gasteiger partial charge < -0.3 is 10.7 Å². The number of anilines is 1. The first-order chi connectivity index (χ1) is 8.94. The number of aromatic nitrogens is 4. The van der Waals surface area contributed by atoms with Crippen molar-refractivity contribution in [3.63, 3.8) is 0 Å². The predicted molar refractivity (Wildman–Crippen MR) is 77.2 cm³/mol. The highest BCUT2D eigenvalue weighted by Gasteiger charge is 2.09. The van der Waals surface area contributed by atoms with Crippen LogP contribution in [0.3, 0.4) is 0 Å². The van der Waals surface area contributed by atoms with Crippen LogP contribution in [-0.4, -0.2) is 19.9 Å². The Hall–Kier alpha value is -1.41. The Morgan fingerprint density at radius 1 is 1.32 bits per heavy atom. The van der Waals surface area contributed by atoms with Gasteiger partial charge in [0.2, 0.25) is 0 Å². The molecule has 0 spiro atoms. The van der Waals surface area contributed by atoms with Crippen LogP contribution in [-0.2, 0) is 0 Å². The number of nitrogens with zero attached hydrogens (tertiary/aromatic N) is 3.